The molecule has 0 radical (unpaired) electrons. The van der Waals surface area contributed by atoms with Gasteiger partial charge in [-0.05, 0) is 30.7 Å². The van der Waals surface area contributed by atoms with Crippen LogP contribution in [0.15, 0.2) is 30.5 Å². The van der Waals surface area contributed by atoms with Crippen LogP contribution < -0.4 is 9.80 Å². The van der Waals surface area contributed by atoms with E-state index in [2.05, 4.69) is 20.8 Å². The van der Waals surface area contributed by atoms with Gasteiger partial charge in [-0.1, -0.05) is 5.92 Å². The molecule has 2 aromatic heterocycles. The normalized spacial score (nSPS) is 16.2. The molecule has 28 heavy (non-hydrogen) atoms. The molecule has 1 unspecified atom stereocenters. The number of rotatable bonds is 1. The summed E-state index contributed by atoms with van der Waals surface area (Å²) in [6, 6.07) is 8.57. The molecule has 1 atom stereocenters. The molecule has 4 rings (SSSR count). The number of carbonyl (C=O) groups is 2. The molecule has 140 valence electrons. The monoisotopic (exact) mass is 375 g/mol. The molecule has 0 saturated carbocycles. The number of anilines is 2. The molecule has 2 aliphatic heterocycles. The predicted molar refractivity (Wildman–Crippen MR) is 102 cm³/mol. The lowest BCUT2D eigenvalue weighted by molar-refractivity contribution is -0.117. The Morgan fingerprint density at radius 1 is 1.32 bits per heavy atom. The molecule has 0 aromatic carbocycles. The van der Waals surface area contributed by atoms with E-state index in [1.807, 2.05) is 6.07 Å². The number of aromatic nitrogens is 2. The van der Waals surface area contributed by atoms with Gasteiger partial charge in [0.15, 0.2) is 11.5 Å². The lowest BCUT2D eigenvalue weighted by Gasteiger charge is -2.35. The third-order valence-corrected chi connectivity index (χ3v) is 4.55. The Balaban J connectivity index is 0.000000192. The Labute approximate surface area is 162 Å². The third-order valence-electron chi connectivity index (χ3n) is 4.55. The van der Waals surface area contributed by atoms with Crippen molar-refractivity contribution in [1.29, 1.82) is 5.26 Å². The fourth-order valence-electron chi connectivity index (χ4n) is 3.28. The largest absolute Gasteiger partial charge is 0.477 e. The first-order valence-corrected chi connectivity index (χ1v) is 8.56. The van der Waals surface area contributed by atoms with Gasteiger partial charge in [-0.3, -0.25) is 9.69 Å². The standard InChI is InChI=1S/C12H13N3O3.C8H4N2/c1-7(16)15-8-4-5-14(6-8)10-3-2-9(12(17)18)13-11(10)15;1-2-8-4-3-7(5-9)6-10-8/h2-3,8H,4-6H2,1H3,(H,17,18);1,3-4,6H. The molecule has 1 N–H and O–H groups in total. The molecule has 1 amide bonds. The third kappa shape index (κ3) is 3.62. The van der Waals surface area contributed by atoms with Gasteiger partial charge in [-0.25, -0.2) is 14.8 Å². The van der Waals surface area contributed by atoms with E-state index in [-0.39, 0.29) is 17.6 Å². The van der Waals surface area contributed by atoms with Crippen LogP contribution in [0, 0.1) is 23.7 Å². The van der Waals surface area contributed by atoms with Gasteiger partial charge in [0.1, 0.15) is 11.8 Å². The van der Waals surface area contributed by atoms with E-state index in [4.69, 9.17) is 16.8 Å². The van der Waals surface area contributed by atoms with E-state index < -0.39 is 5.97 Å². The van der Waals surface area contributed by atoms with Crippen LogP contribution in [0.5, 0.6) is 0 Å². The van der Waals surface area contributed by atoms with Crippen molar-refractivity contribution in [3.63, 3.8) is 0 Å². The van der Waals surface area contributed by atoms with E-state index in [1.54, 1.807) is 23.1 Å². The quantitative estimate of drug-likeness (QED) is 0.755. The Morgan fingerprint density at radius 3 is 2.68 bits per heavy atom. The van der Waals surface area contributed by atoms with Gasteiger partial charge in [-0.15, -0.1) is 6.42 Å². The number of terminal acetylenes is 1. The molecule has 2 bridgehead atoms. The van der Waals surface area contributed by atoms with E-state index >= 15 is 0 Å². The van der Waals surface area contributed by atoms with Crippen LogP contribution in [-0.4, -0.2) is 46.1 Å². The van der Waals surface area contributed by atoms with Crippen LogP contribution in [0.1, 0.15) is 35.1 Å². The Kier molecular flexibility index (Phi) is 5.23. The van der Waals surface area contributed by atoms with Gasteiger partial charge in [0.2, 0.25) is 5.91 Å². The molecule has 2 aromatic rings. The van der Waals surface area contributed by atoms with Crippen LogP contribution >= 0.6 is 0 Å². The van der Waals surface area contributed by atoms with Crippen molar-refractivity contribution >= 4 is 23.4 Å². The van der Waals surface area contributed by atoms with Crippen molar-refractivity contribution in [3.05, 3.63) is 47.4 Å². The summed E-state index contributed by atoms with van der Waals surface area (Å²) < 4.78 is 0. The number of nitrogens with zero attached hydrogens (tertiary/aromatic N) is 5. The molecule has 1 saturated heterocycles. The van der Waals surface area contributed by atoms with Gasteiger partial charge in [-0.2, -0.15) is 5.26 Å². The molecule has 8 heteroatoms. The highest BCUT2D eigenvalue weighted by Gasteiger charge is 2.39. The van der Waals surface area contributed by atoms with Crippen molar-refractivity contribution in [2.45, 2.75) is 19.4 Å². The minimum atomic E-state index is -1.07. The summed E-state index contributed by atoms with van der Waals surface area (Å²) in [6.45, 7) is 3.18. The Bertz CT molecular complexity index is 971. The minimum absolute atomic E-state index is 0.0255. The van der Waals surface area contributed by atoms with E-state index in [0.717, 1.165) is 25.2 Å². The highest BCUT2D eigenvalue weighted by molar-refractivity contribution is 5.97. The average Bonchev–Trinajstić information content (AvgIpc) is 3.12. The first kappa shape index (κ1) is 18.9. The summed E-state index contributed by atoms with van der Waals surface area (Å²) >= 11 is 0. The smallest absolute Gasteiger partial charge is 0.354 e. The lowest BCUT2D eigenvalue weighted by Crippen LogP contribution is -2.45. The van der Waals surface area contributed by atoms with Crippen LogP contribution in [0.25, 0.3) is 0 Å². The molecule has 0 spiro atoms. The van der Waals surface area contributed by atoms with Crippen molar-refractivity contribution in [2.75, 3.05) is 22.9 Å². The average molecular weight is 375 g/mol. The number of carboxylic acids is 1. The number of amides is 1. The summed E-state index contributed by atoms with van der Waals surface area (Å²) in [4.78, 5) is 34.4. The van der Waals surface area contributed by atoms with Gasteiger partial charge >= 0.3 is 5.97 Å². The lowest BCUT2D eigenvalue weighted by atomic mass is 10.1. The van der Waals surface area contributed by atoms with E-state index in [9.17, 15) is 9.59 Å². The molecular weight excluding hydrogens is 358 g/mol. The molecule has 2 aliphatic rings. The summed E-state index contributed by atoms with van der Waals surface area (Å²) in [5.41, 5.74) is 1.91. The number of hydrogen-bond acceptors (Lipinski definition) is 6. The van der Waals surface area contributed by atoms with Gasteiger partial charge in [0, 0.05) is 26.2 Å². The zero-order valence-corrected chi connectivity index (χ0v) is 15.2. The summed E-state index contributed by atoms with van der Waals surface area (Å²) in [5, 5.41) is 17.3. The van der Waals surface area contributed by atoms with Crippen LogP contribution in [0.2, 0.25) is 0 Å². The fourth-order valence-corrected chi connectivity index (χ4v) is 3.28. The first-order chi connectivity index (χ1) is 13.4. The van der Waals surface area contributed by atoms with Crippen molar-refractivity contribution in [1.82, 2.24) is 9.97 Å². The number of nitriles is 1. The highest BCUT2D eigenvalue weighted by Crippen LogP contribution is 2.38. The summed E-state index contributed by atoms with van der Waals surface area (Å²) in [5.74, 6) is 1.68. The number of pyridine rings is 2. The molecular formula is C20H17N5O3. The molecule has 4 heterocycles. The maximum absolute atomic E-state index is 11.8. The van der Waals surface area contributed by atoms with E-state index in [0.29, 0.717) is 17.1 Å². The minimum Gasteiger partial charge on any atom is -0.477 e. The molecule has 1 fully saturated rings. The maximum atomic E-state index is 11.8. The van der Waals surface area contributed by atoms with Crippen LogP contribution in [0.3, 0.4) is 0 Å². The van der Waals surface area contributed by atoms with Crippen LogP contribution in [-0.2, 0) is 4.79 Å². The number of hydrogen-bond donors (Lipinski definition) is 1. The van der Waals surface area contributed by atoms with Gasteiger partial charge < -0.3 is 10.0 Å². The summed E-state index contributed by atoms with van der Waals surface area (Å²) in [7, 11) is 0. The van der Waals surface area contributed by atoms with E-state index in [1.165, 1.54) is 19.2 Å². The van der Waals surface area contributed by atoms with Crippen molar-refractivity contribution < 1.29 is 14.7 Å². The number of carboxylic acid groups (broad SMARTS) is 1. The van der Waals surface area contributed by atoms with Crippen LogP contribution in [0.4, 0.5) is 11.5 Å². The molecule has 0 aliphatic carbocycles. The fraction of sp³-hybridized carbons (Fsp3) is 0.250. The van der Waals surface area contributed by atoms with Gasteiger partial charge in [0.05, 0.1) is 17.3 Å². The number of fused-ring (bicyclic) bond motifs is 4. The second-order valence-corrected chi connectivity index (χ2v) is 6.31. The second kappa shape index (κ2) is 7.77. The Hall–Kier alpha value is -3.91. The van der Waals surface area contributed by atoms with Crippen molar-refractivity contribution in [3.8, 4) is 18.4 Å². The van der Waals surface area contributed by atoms with Gasteiger partial charge in [0.25, 0.3) is 0 Å². The predicted octanol–water partition coefficient (Wildman–Crippen LogP) is 1.66. The Morgan fingerprint density at radius 2 is 2.11 bits per heavy atom. The van der Waals surface area contributed by atoms with Crippen molar-refractivity contribution in [2.24, 2.45) is 0 Å². The SMILES string of the molecule is C#Cc1ccc(C#N)cn1.CC(=O)N1c2nc(C(=O)O)ccc2N2CCC1C2. The molecule has 8 nitrogen and oxygen atoms in total. The number of aromatic carboxylic acids is 1. The maximum Gasteiger partial charge on any atom is 0.354 e. The zero-order chi connectivity index (χ0) is 20.3. The zero-order valence-electron chi connectivity index (χ0n) is 15.2. The summed E-state index contributed by atoms with van der Waals surface area (Å²) in [6.07, 6.45) is 7.40. The highest BCUT2D eigenvalue weighted by atomic mass is 16.4. The number of carbonyl (C=O) groups excluding carboxylic acids is 1. The first-order valence-electron chi connectivity index (χ1n) is 8.56. The topological polar surface area (TPSA) is 110 Å². The second-order valence-electron chi connectivity index (χ2n) is 6.31.